The van der Waals surface area contributed by atoms with Crippen molar-refractivity contribution in [2.45, 2.75) is 19.4 Å². The Kier molecular flexibility index (Phi) is 3.71. The smallest absolute Gasteiger partial charge is 0.310 e. The van der Waals surface area contributed by atoms with E-state index in [0.29, 0.717) is 11.3 Å². The van der Waals surface area contributed by atoms with Gasteiger partial charge in [0.2, 0.25) is 0 Å². The highest BCUT2D eigenvalue weighted by molar-refractivity contribution is 5.63. The summed E-state index contributed by atoms with van der Waals surface area (Å²) < 4.78 is 10.6. The normalized spacial score (nSPS) is 11.3. The van der Waals surface area contributed by atoms with Gasteiger partial charge in [-0.3, -0.25) is 10.1 Å². The van der Waals surface area contributed by atoms with Crippen LogP contribution in [0, 0.1) is 10.1 Å². The molecule has 1 aromatic heterocycles. The molecule has 0 aliphatic heterocycles. The van der Waals surface area contributed by atoms with Crippen molar-refractivity contribution in [2.24, 2.45) is 5.73 Å². The van der Waals surface area contributed by atoms with Crippen LogP contribution in [0.25, 0.3) is 11.3 Å². The van der Waals surface area contributed by atoms with Crippen molar-refractivity contribution in [3.8, 4) is 17.1 Å². The van der Waals surface area contributed by atoms with Gasteiger partial charge in [-0.25, -0.2) is 4.98 Å². The van der Waals surface area contributed by atoms with E-state index < -0.39 is 10.5 Å². The molecular formula is C13H15N3O4. The zero-order valence-corrected chi connectivity index (χ0v) is 11.2. The van der Waals surface area contributed by atoms with Crippen molar-refractivity contribution in [1.29, 1.82) is 0 Å². The van der Waals surface area contributed by atoms with Crippen molar-refractivity contribution >= 4 is 5.69 Å². The minimum atomic E-state index is -0.587. The maximum atomic E-state index is 11.0. The SMILES string of the molecule is CC(C)(N)COc1cc(-c2cnco2)ccc1[N+](=O)[O-]. The van der Waals surface area contributed by atoms with Gasteiger partial charge < -0.3 is 14.9 Å². The van der Waals surface area contributed by atoms with Crippen LogP contribution < -0.4 is 10.5 Å². The molecule has 0 aliphatic rings. The summed E-state index contributed by atoms with van der Waals surface area (Å²) in [4.78, 5) is 14.3. The molecule has 2 rings (SSSR count). The molecule has 0 aliphatic carbocycles. The van der Waals surface area contributed by atoms with Crippen LogP contribution in [0.2, 0.25) is 0 Å². The molecule has 0 amide bonds. The number of aromatic nitrogens is 1. The highest BCUT2D eigenvalue weighted by Gasteiger charge is 2.20. The predicted molar refractivity (Wildman–Crippen MR) is 72.4 cm³/mol. The van der Waals surface area contributed by atoms with E-state index in [1.165, 1.54) is 18.7 Å². The van der Waals surface area contributed by atoms with E-state index in [1.807, 2.05) is 0 Å². The average molecular weight is 277 g/mol. The van der Waals surface area contributed by atoms with Gasteiger partial charge in [0.1, 0.15) is 6.61 Å². The van der Waals surface area contributed by atoms with Crippen molar-refractivity contribution in [3.63, 3.8) is 0 Å². The first-order valence-corrected chi connectivity index (χ1v) is 5.96. The number of nitrogens with zero attached hydrogens (tertiary/aromatic N) is 2. The number of nitro groups is 1. The predicted octanol–water partition coefficient (Wildman–Crippen LogP) is 2.37. The third-order valence-electron chi connectivity index (χ3n) is 2.47. The van der Waals surface area contributed by atoms with E-state index in [2.05, 4.69) is 4.98 Å². The van der Waals surface area contributed by atoms with Crippen LogP contribution in [-0.2, 0) is 0 Å². The van der Waals surface area contributed by atoms with Gasteiger partial charge in [-0.1, -0.05) is 0 Å². The molecule has 0 fully saturated rings. The maximum absolute atomic E-state index is 11.0. The first-order valence-electron chi connectivity index (χ1n) is 5.96. The summed E-state index contributed by atoms with van der Waals surface area (Å²) in [5.41, 5.74) is 5.77. The van der Waals surface area contributed by atoms with E-state index in [1.54, 1.807) is 26.0 Å². The second kappa shape index (κ2) is 5.30. The van der Waals surface area contributed by atoms with Gasteiger partial charge in [-0.15, -0.1) is 0 Å². The lowest BCUT2D eigenvalue weighted by Crippen LogP contribution is -2.38. The molecular weight excluding hydrogens is 262 g/mol. The molecule has 20 heavy (non-hydrogen) atoms. The van der Waals surface area contributed by atoms with E-state index in [4.69, 9.17) is 14.9 Å². The van der Waals surface area contributed by atoms with Gasteiger partial charge in [0.05, 0.1) is 11.1 Å². The van der Waals surface area contributed by atoms with Gasteiger partial charge >= 0.3 is 5.69 Å². The summed E-state index contributed by atoms with van der Waals surface area (Å²) in [6.07, 6.45) is 2.82. The Morgan fingerprint density at radius 3 is 2.80 bits per heavy atom. The summed E-state index contributed by atoms with van der Waals surface area (Å²) in [6.45, 7) is 3.71. The molecule has 1 aromatic carbocycles. The van der Waals surface area contributed by atoms with Gasteiger partial charge in [0.25, 0.3) is 0 Å². The summed E-state index contributed by atoms with van der Waals surface area (Å²) in [6, 6.07) is 4.50. The van der Waals surface area contributed by atoms with E-state index in [-0.39, 0.29) is 18.0 Å². The number of ether oxygens (including phenoxy) is 1. The van der Waals surface area contributed by atoms with E-state index in [0.717, 1.165) is 0 Å². The minimum Gasteiger partial charge on any atom is -0.485 e. The Morgan fingerprint density at radius 2 is 2.25 bits per heavy atom. The average Bonchev–Trinajstić information content (AvgIpc) is 2.88. The van der Waals surface area contributed by atoms with Gasteiger partial charge in [0.15, 0.2) is 17.9 Å². The molecule has 0 spiro atoms. The summed E-state index contributed by atoms with van der Waals surface area (Å²) >= 11 is 0. The topological polar surface area (TPSA) is 104 Å². The zero-order chi connectivity index (χ0) is 14.8. The fraction of sp³-hybridized carbons (Fsp3) is 0.308. The fourth-order valence-electron chi connectivity index (χ4n) is 1.56. The molecule has 0 unspecified atom stereocenters. The van der Waals surface area contributed by atoms with Crippen LogP contribution in [0.5, 0.6) is 5.75 Å². The lowest BCUT2D eigenvalue weighted by Gasteiger charge is -2.19. The number of benzene rings is 1. The van der Waals surface area contributed by atoms with Crippen LogP contribution in [0.1, 0.15) is 13.8 Å². The van der Waals surface area contributed by atoms with Gasteiger partial charge in [0, 0.05) is 17.2 Å². The lowest BCUT2D eigenvalue weighted by atomic mass is 10.1. The highest BCUT2D eigenvalue weighted by Crippen LogP contribution is 2.32. The fourth-order valence-corrected chi connectivity index (χ4v) is 1.56. The summed E-state index contributed by atoms with van der Waals surface area (Å²) in [5, 5.41) is 11.0. The van der Waals surface area contributed by atoms with E-state index >= 15 is 0 Å². The zero-order valence-electron chi connectivity index (χ0n) is 11.2. The summed E-state index contributed by atoms with van der Waals surface area (Å²) in [7, 11) is 0. The van der Waals surface area contributed by atoms with Crippen LogP contribution in [-0.4, -0.2) is 22.1 Å². The lowest BCUT2D eigenvalue weighted by molar-refractivity contribution is -0.385. The Hall–Kier alpha value is -2.41. The van der Waals surface area contributed by atoms with E-state index in [9.17, 15) is 10.1 Å². The number of oxazole rings is 1. The number of hydrogen-bond acceptors (Lipinski definition) is 6. The third kappa shape index (κ3) is 3.33. The second-order valence-corrected chi connectivity index (χ2v) is 5.08. The maximum Gasteiger partial charge on any atom is 0.310 e. The number of nitro benzene ring substituents is 1. The largest absolute Gasteiger partial charge is 0.485 e. The van der Waals surface area contributed by atoms with Crippen LogP contribution in [0.4, 0.5) is 5.69 Å². The minimum absolute atomic E-state index is 0.113. The monoisotopic (exact) mass is 277 g/mol. The molecule has 2 aromatic rings. The van der Waals surface area contributed by atoms with Crippen molar-refractivity contribution < 1.29 is 14.1 Å². The van der Waals surface area contributed by atoms with Gasteiger partial charge in [-0.05, 0) is 26.0 Å². The molecule has 0 bridgehead atoms. The molecule has 0 saturated heterocycles. The Labute approximate surface area is 115 Å². The van der Waals surface area contributed by atoms with Gasteiger partial charge in [-0.2, -0.15) is 0 Å². The highest BCUT2D eigenvalue weighted by atomic mass is 16.6. The summed E-state index contributed by atoms with van der Waals surface area (Å²) in [5.74, 6) is 0.666. The Bertz CT molecular complexity index is 603. The molecule has 7 nitrogen and oxygen atoms in total. The quantitative estimate of drug-likeness (QED) is 0.664. The Morgan fingerprint density at radius 1 is 1.50 bits per heavy atom. The molecule has 7 heteroatoms. The third-order valence-corrected chi connectivity index (χ3v) is 2.47. The first kappa shape index (κ1) is 14.0. The standard InChI is InChI=1S/C13H15N3O4/c1-13(2,14)7-19-11-5-9(12-6-15-8-20-12)3-4-10(11)16(17)18/h3-6,8H,7,14H2,1-2H3. The number of hydrogen-bond donors (Lipinski definition) is 1. The number of rotatable bonds is 5. The van der Waals surface area contributed by atoms with Crippen LogP contribution in [0.15, 0.2) is 35.2 Å². The van der Waals surface area contributed by atoms with Crippen LogP contribution in [0.3, 0.4) is 0 Å². The van der Waals surface area contributed by atoms with Crippen molar-refractivity contribution in [2.75, 3.05) is 6.61 Å². The first-order chi connectivity index (χ1) is 9.37. The molecule has 0 atom stereocenters. The molecule has 0 radical (unpaired) electrons. The molecule has 0 saturated carbocycles. The van der Waals surface area contributed by atoms with Crippen molar-refractivity contribution in [3.05, 3.63) is 40.9 Å². The molecule has 1 heterocycles. The van der Waals surface area contributed by atoms with Crippen LogP contribution >= 0.6 is 0 Å². The number of nitrogens with two attached hydrogens (primary N) is 1. The molecule has 2 N–H and O–H groups in total. The second-order valence-electron chi connectivity index (χ2n) is 5.08. The molecule has 106 valence electrons. The Balaban J connectivity index is 2.35. The van der Waals surface area contributed by atoms with Crippen molar-refractivity contribution in [1.82, 2.24) is 4.98 Å².